The minimum Gasteiger partial charge on any atom is -0.507 e. The van der Waals surface area contributed by atoms with Crippen LogP contribution in [0.2, 0.25) is 0 Å². The van der Waals surface area contributed by atoms with E-state index in [2.05, 4.69) is 0 Å². The van der Waals surface area contributed by atoms with Crippen molar-refractivity contribution in [3.8, 4) is 11.5 Å². The van der Waals surface area contributed by atoms with Gasteiger partial charge < -0.3 is 24.4 Å². The second-order valence-electron chi connectivity index (χ2n) is 7.72. The number of hydrogen-bond donors (Lipinski definition) is 1. The summed E-state index contributed by atoms with van der Waals surface area (Å²) in [5.74, 6) is -0.694. The number of carbonyl (C=O) groups excluding carboxylic acids is 2. The number of ketones is 1. The highest BCUT2D eigenvalue weighted by atomic mass is 16.5. The van der Waals surface area contributed by atoms with Crippen molar-refractivity contribution in [1.29, 1.82) is 0 Å². The molecule has 31 heavy (non-hydrogen) atoms. The summed E-state index contributed by atoms with van der Waals surface area (Å²) >= 11 is 0. The molecule has 0 spiro atoms. The predicted octanol–water partition coefficient (Wildman–Crippen LogP) is 3.00. The van der Waals surface area contributed by atoms with Crippen LogP contribution in [0.5, 0.6) is 11.5 Å². The van der Waals surface area contributed by atoms with Crippen LogP contribution in [0.3, 0.4) is 0 Å². The molecule has 2 aromatic rings. The number of amides is 1. The van der Waals surface area contributed by atoms with Gasteiger partial charge in [0.05, 0.1) is 31.4 Å². The molecule has 164 valence electrons. The number of methoxy groups -OCH3 is 2. The summed E-state index contributed by atoms with van der Waals surface area (Å²) in [6.45, 7) is 2.86. The van der Waals surface area contributed by atoms with Gasteiger partial charge >= 0.3 is 0 Å². The predicted molar refractivity (Wildman–Crippen MR) is 118 cm³/mol. The van der Waals surface area contributed by atoms with Crippen molar-refractivity contribution in [2.24, 2.45) is 0 Å². The molecule has 0 bridgehead atoms. The minimum atomic E-state index is -0.706. The Kier molecular flexibility index (Phi) is 6.65. The third-order valence-electron chi connectivity index (χ3n) is 5.47. The molecule has 1 unspecified atom stereocenters. The number of aliphatic hydroxyl groups excluding tert-OH is 1. The van der Waals surface area contributed by atoms with Gasteiger partial charge in [0.1, 0.15) is 17.3 Å². The molecule has 3 rings (SSSR count). The molecule has 1 aliphatic heterocycles. The zero-order valence-electron chi connectivity index (χ0n) is 18.5. The fourth-order valence-electron chi connectivity index (χ4n) is 3.77. The lowest BCUT2D eigenvalue weighted by Gasteiger charge is -2.27. The summed E-state index contributed by atoms with van der Waals surface area (Å²) in [5.41, 5.74) is 2.11. The van der Waals surface area contributed by atoms with Crippen LogP contribution in [0.1, 0.15) is 22.7 Å². The molecule has 7 heteroatoms. The van der Waals surface area contributed by atoms with Crippen molar-refractivity contribution in [3.05, 3.63) is 64.7 Å². The van der Waals surface area contributed by atoms with Crippen LogP contribution >= 0.6 is 0 Å². The van der Waals surface area contributed by atoms with Crippen LogP contribution in [0, 0.1) is 6.92 Å². The lowest BCUT2D eigenvalue weighted by molar-refractivity contribution is -0.140. The highest BCUT2D eigenvalue weighted by molar-refractivity contribution is 6.46. The lowest BCUT2D eigenvalue weighted by Crippen LogP contribution is -2.35. The quantitative estimate of drug-likeness (QED) is 0.418. The number of Topliss-reactive ketones (excluding diaryl/α,β-unsaturated/α-hetero) is 1. The fraction of sp³-hybridized carbons (Fsp3) is 0.333. The number of rotatable bonds is 7. The minimum absolute atomic E-state index is 0.0570. The molecule has 0 saturated carbocycles. The van der Waals surface area contributed by atoms with E-state index < -0.39 is 17.7 Å². The topological polar surface area (TPSA) is 79.3 Å². The van der Waals surface area contributed by atoms with Gasteiger partial charge in [0.2, 0.25) is 0 Å². The van der Waals surface area contributed by atoms with E-state index in [1.54, 1.807) is 18.2 Å². The van der Waals surface area contributed by atoms with Gasteiger partial charge in [0, 0.05) is 19.2 Å². The van der Waals surface area contributed by atoms with Crippen LogP contribution < -0.4 is 9.47 Å². The zero-order valence-corrected chi connectivity index (χ0v) is 18.5. The molecular weight excluding hydrogens is 396 g/mol. The zero-order chi connectivity index (χ0) is 22.7. The molecule has 0 aliphatic carbocycles. The van der Waals surface area contributed by atoms with Crippen molar-refractivity contribution in [1.82, 2.24) is 9.80 Å². The monoisotopic (exact) mass is 424 g/mol. The normalized spacial score (nSPS) is 18.0. The smallest absolute Gasteiger partial charge is 0.295 e. The Bertz CT molecular complexity index is 1030. The molecule has 1 heterocycles. The third kappa shape index (κ3) is 4.27. The Labute approximate surface area is 182 Å². The SMILES string of the molecule is COc1ccc(/C(O)=C2\C(=O)C(=O)N(CCN(C)C)C2c2ccccc2C)c(OC)c1. The van der Waals surface area contributed by atoms with Crippen molar-refractivity contribution in [2.75, 3.05) is 41.4 Å². The van der Waals surface area contributed by atoms with Crippen LogP contribution in [0.15, 0.2) is 48.0 Å². The maximum absolute atomic E-state index is 13.1. The van der Waals surface area contributed by atoms with Gasteiger partial charge in [0.15, 0.2) is 0 Å². The van der Waals surface area contributed by atoms with Crippen molar-refractivity contribution in [3.63, 3.8) is 0 Å². The number of likely N-dealkylation sites (tertiary alicyclic amines) is 1. The molecule has 1 amide bonds. The van der Waals surface area contributed by atoms with Gasteiger partial charge in [0.25, 0.3) is 11.7 Å². The Balaban J connectivity index is 2.21. The van der Waals surface area contributed by atoms with Gasteiger partial charge in [-0.25, -0.2) is 0 Å². The van der Waals surface area contributed by atoms with E-state index in [0.717, 1.165) is 11.1 Å². The number of likely N-dealkylation sites (N-methyl/N-ethyl adjacent to an activating group) is 1. The summed E-state index contributed by atoms with van der Waals surface area (Å²) in [4.78, 5) is 29.6. The van der Waals surface area contributed by atoms with E-state index in [9.17, 15) is 14.7 Å². The summed E-state index contributed by atoms with van der Waals surface area (Å²) in [7, 11) is 6.81. The van der Waals surface area contributed by atoms with Crippen LogP contribution in [-0.4, -0.2) is 68.0 Å². The second-order valence-corrected chi connectivity index (χ2v) is 7.72. The summed E-state index contributed by atoms with van der Waals surface area (Å²) in [5, 5.41) is 11.3. The van der Waals surface area contributed by atoms with Crippen molar-refractivity contribution >= 4 is 17.4 Å². The highest BCUT2D eigenvalue weighted by Crippen LogP contribution is 2.42. The number of hydrogen-bond acceptors (Lipinski definition) is 6. The highest BCUT2D eigenvalue weighted by Gasteiger charge is 2.46. The average Bonchev–Trinajstić information content (AvgIpc) is 3.01. The van der Waals surface area contributed by atoms with Crippen molar-refractivity contribution in [2.45, 2.75) is 13.0 Å². The molecule has 1 atom stereocenters. The molecule has 1 saturated heterocycles. The van der Waals surface area contributed by atoms with Gasteiger partial charge in [-0.3, -0.25) is 9.59 Å². The average molecular weight is 424 g/mol. The maximum atomic E-state index is 13.1. The molecule has 0 aromatic heterocycles. The number of nitrogens with zero attached hydrogens (tertiary/aromatic N) is 2. The Morgan fingerprint density at radius 2 is 1.81 bits per heavy atom. The van der Waals surface area contributed by atoms with Crippen molar-refractivity contribution < 1.29 is 24.2 Å². The maximum Gasteiger partial charge on any atom is 0.295 e. The fourth-order valence-corrected chi connectivity index (χ4v) is 3.77. The Hall–Kier alpha value is -3.32. The first-order chi connectivity index (χ1) is 14.8. The summed E-state index contributed by atoms with van der Waals surface area (Å²) < 4.78 is 10.6. The lowest BCUT2D eigenvalue weighted by atomic mass is 9.92. The van der Waals surface area contributed by atoms with Gasteiger partial charge in [-0.15, -0.1) is 0 Å². The molecule has 1 fully saturated rings. The number of aryl methyl sites for hydroxylation is 1. The number of carbonyl (C=O) groups is 2. The van der Waals surface area contributed by atoms with E-state index in [0.29, 0.717) is 30.2 Å². The second kappa shape index (κ2) is 9.22. The number of aliphatic hydroxyl groups is 1. The van der Waals surface area contributed by atoms with E-state index in [-0.39, 0.29) is 11.3 Å². The van der Waals surface area contributed by atoms with E-state index >= 15 is 0 Å². The standard InChI is InChI=1S/C24H28N2O5/c1-15-8-6-7-9-17(15)21-20(23(28)24(29)26(21)13-12-25(2)3)22(27)18-11-10-16(30-4)14-19(18)31-5/h6-11,14,21,27H,12-13H2,1-5H3/b22-20+. The first-order valence-electron chi connectivity index (χ1n) is 10.0. The van der Waals surface area contributed by atoms with Gasteiger partial charge in [-0.2, -0.15) is 0 Å². The Morgan fingerprint density at radius 3 is 2.42 bits per heavy atom. The molecular formula is C24H28N2O5. The summed E-state index contributed by atoms with van der Waals surface area (Å²) in [6, 6.07) is 11.8. The van der Waals surface area contributed by atoms with Crippen LogP contribution in [0.4, 0.5) is 0 Å². The van der Waals surface area contributed by atoms with Crippen LogP contribution in [-0.2, 0) is 9.59 Å². The van der Waals surface area contributed by atoms with E-state index in [1.165, 1.54) is 19.1 Å². The number of ether oxygens (including phenoxy) is 2. The molecule has 1 aliphatic rings. The molecule has 7 nitrogen and oxygen atoms in total. The molecule has 2 aromatic carbocycles. The van der Waals surface area contributed by atoms with Crippen LogP contribution in [0.25, 0.3) is 5.76 Å². The third-order valence-corrected chi connectivity index (χ3v) is 5.47. The van der Waals surface area contributed by atoms with Gasteiger partial charge in [-0.1, -0.05) is 24.3 Å². The first-order valence-corrected chi connectivity index (χ1v) is 10.0. The van der Waals surface area contributed by atoms with E-state index in [4.69, 9.17) is 9.47 Å². The summed E-state index contributed by atoms with van der Waals surface area (Å²) in [6.07, 6.45) is 0. The largest absolute Gasteiger partial charge is 0.507 e. The number of benzene rings is 2. The molecule has 1 N–H and O–H groups in total. The first kappa shape index (κ1) is 22.4. The Morgan fingerprint density at radius 1 is 1.10 bits per heavy atom. The molecule has 0 radical (unpaired) electrons. The van der Waals surface area contributed by atoms with E-state index in [1.807, 2.05) is 50.2 Å². The van der Waals surface area contributed by atoms with Gasteiger partial charge in [-0.05, 0) is 44.3 Å².